The highest BCUT2D eigenvalue weighted by atomic mass is 32.2. The van der Waals surface area contributed by atoms with Crippen LogP contribution in [-0.2, 0) is 37.4 Å². The molecule has 2 unspecified atom stereocenters. The van der Waals surface area contributed by atoms with Crippen LogP contribution >= 0.6 is 0 Å². The van der Waals surface area contributed by atoms with Crippen LogP contribution in [0.25, 0.3) is 11.0 Å². The first kappa shape index (κ1) is 20.3. The van der Waals surface area contributed by atoms with Crippen molar-refractivity contribution >= 4 is 27.0 Å². The number of imidazole rings is 1. The molecule has 29 heavy (non-hydrogen) atoms. The summed E-state index contributed by atoms with van der Waals surface area (Å²) in [6.45, 7) is 6.43. The van der Waals surface area contributed by atoms with E-state index in [1.54, 1.807) is 18.2 Å². The molecule has 1 aliphatic heterocycles. The molecule has 0 N–H and O–H groups in total. The Balaban J connectivity index is 1.61. The summed E-state index contributed by atoms with van der Waals surface area (Å²) < 4.78 is 40.1. The molecule has 1 saturated carbocycles. The van der Waals surface area contributed by atoms with Gasteiger partial charge in [-0.3, -0.25) is 4.79 Å². The van der Waals surface area contributed by atoms with E-state index in [1.807, 2.05) is 11.5 Å². The SMILES string of the molecule is CCCn1c(COC(=O)C2CC2C)nc2cc(S(=O)(=O)N3CCOCC3)ccc21. The molecule has 2 fully saturated rings. The number of carbonyl (C=O) groups is 1. The Morgan fingerprint density at radius 1 is 1.31 bits per heavy atom. The van der Waals surface area contributed by atoms with E-state index in [9.17, 15) is 13.2 Å². The van der Waals surface area contributed by atoms with Crippen molar-refractivity contribution in [2.75, 3.05) is 26.3 Å². The molecule has 1 saturated heterocycles. The summed E-state index contributed by atoms with van der Waals surface area (Å²) in [5.41, 5.74) is 1.44. The quantitative estimate of drug-likeness (QED) is 0.637. The zero-order valence-electron chi connectivity index (χ0n) is 16.8. The van der Waals surface area contributed by atoms with Crippen molar-refractivity contribution in [1.29, 1.82) is 0 Å². The summed E-state index contributed by atoms with van der Waals surface area (Å²) in [6.07, 6.45) is 1.77. The summed E-state index contributed by atoms with van der Waals surface area (Å²) in [4.78, 5) is 16.9. The van der Waals surface area contributed by atoms with Crippen molar-refractivity contribution in [1.82, 2.24) is 13.9 Å². The fraction of sp³-hybridized carbons (Fsp3) is 0.600. The number of hydrogen-bond acceptors (Lipinski definition) is 6. The van der Waals surface area contributed by atoms with Crippen LogP contribution in [-0.4, -0.2) is 54.5 Å². The van der Waals surface area contributed by atoms with Gasteiger partial charge < -0.3 is 14.0 Å². The molecule has 2 aromatic rings. The fourth-order valence-corrected chi connectivity index (χ4v) is 5.16. The smallest absolute Gasteiger partial charge is 0.309 e. The molecule has 8 nitrogen and oxygen atoms in total. The molecule has 1 aromatic heterocycles. The maximum absolute atomic E-state index is 12.9. The van der Waals surface area contributed by atoms with E-state index in [2.05, 4.69) is 11.9 Å². The van der Waals surface area contributed by atoms with Crippen LogP contribution < -0.4 is 0 Å². The van der Waals surface area contributed by atoms with Crippen LogP contribution in [0.5, 0.6) is 0 Å². The first-order valence-corrected chi connectivity index (χ1v) is 11.6. The number of ether oxygens (including phenoxy) is 2. The monoisotopic (exact) mass is 421 g/mol. The molecule has 0 spiro atoms. The van der Waals surface area contributed by atoms with Crippen LogP contribution in [0, 0.1) is 11.8 Å². The third-order valence-electron chi connectivity index (χ3n) is 5.61. The number of hydrogen-bond donors (Lipinski definition) is 0. The van der Waals surface area contributed by atoms with Crippen molar-refractivity contribution in [3.05, 3.63) is 24.0 Å². The second-order valence-electron chi connectivity index (χ2n) is 7.77. The lowest BCUT2D eigenvalue weighted by molar-refractivity contribution is -0.147. The van der Waals surface area contributed by atoms with Gasteiger partial charge in [0.1, 0.15) is 12.4 Å². The number of benzene rings is 1. The second-order valence-corrected chi connectivity index (χ2v) is 9.71. The normalized spacial score (nSPS) is 22.7. The van der Waals surface area contributed by atoms with Crippen LogP contribution in [0.1, 0.15) is 32.5 Å². The molecule has 158 valence electrons. The van der Waals surface area contributed by atoms with Gasteiger partial charge >= 0.3 is 5.97 Å². The zero-order valence-corrected chi connectivity index (χ0v) is 17.7. The molecule has 2 aliphatic rings. The Labute approximate surface area is 170 Å². The van der Waals surface area contributed by atoms with Crippen molar-refractivity contribution in [3.63, 3.8) is 0 Å². The van der Waals surface area contributed by atoms with E-state index in [0.29, 0.717) is 43.6 Å². The lowest BCUT2D eigenvalue weighted by Gasteiger charge is -2.26. The number of rotatable bonds is 7. The van der Waals surface area contributed by atoms with Crippen molar-refractivity contribution in [3.8, 4) is 0 Å². The van der Waals surface area contributed by atoms with E-state index in [1.165, 1.54) is 4.31 Å². The van der Waals surface area contributed by atoms with Gasteiger partial charge in [0.25, 0.3) is 0 Å². The molecule has 2 atom stereocenters. The van der Waals surface area contributed by atoms with Gasteiger partial charge in [0.05, 0.1) is 35.1 Å². The first-order chi connectivity index (χ1) is 13.9. The number of nitrogens with zero attached hydrogens (tertiary/aromatic N) is 3. The Hall–Kier alpha value is -1.97. The largest absolute Gasteiger partial charge is 0.457 e. The minimum absolute atomic E-state index is 0.00396. The standard InChI is InChI=1S/C20H27N3O5S/c1-3-6-23-18-5-4-15(29(25,26)22-7-9-27-10-8-22)12-17(18)21-19(23)13-28-20(24)16-11-14(16)2/h4-5,12,14,16H,3,6-11,13H2,1-2H3. The van der Waals surface area contributed by atoms with Gasteiger partial charge in [-0.25, -0.2) is 13.4 Å². The number of carbonyl (C=O) groups excluding carboxylic acids is 1. The summed E-state index contributed by atoms with van der Waals surface area (Å²) in [6, 6.07) is 5.03. The Morgan fingerprint density at radius 2 is 2.03 bits per heavy atom. The molecule has 0 bridgehead atoms. The summed E-state index contributed by atoms with van der Waals surface area (Å²) in [5, 5.41) is 0. The number of aromatic nitrogens is 2. The van der Waals surface area contributed by atoms with Crippen molar-refractivity contribution in [2.24, 2.45) is 11.8 Å². The van der Waals surface area contributed by atoms with Crippen LogP contribution in [0.3, 0.4) is 0 Å². The zero-order chi connectivity index (χ0) is 20.6. The summed E-state index contributed by atoms with van der Waals surface area (Å²) in [5.74, 6) is 0.863. The topological polar surface area (TPSA) is 90.7 Å². The average Bonchev–Trinajstić information content (AvgIpc) is 3.36. The van der Waals surface area contributed by atoms with Gasteiger partial charge in [0.2, 0.25) is 10.0 Å². The maximum atomic E-state index is 12.9. The lowest BCUT2D eigenvalue weighted by atomic mass is 10.3. The van der Waals surface area contributed by atoms with Gasteiger partial charge in [-0.15, -0.1) is 0 Å². The number of fused-ring (bicyclic) bond motifs is 1. The molecule has 1 aliphatic carbocycles. The van der Waals surface area contributed by atoms with E-state index in [-0.39, 0.29) is 23.4 Å². The molecule has 2 heterocycles. The maximum Gasteiger partial charge on any atom is 0.309 e. The predicted octanol–water partition coefficient (Wildman–Crippen LogP) is 2.17. The Kier molecular flexibility index (Phi) is 5.63. The molecule has 0 radical (unpaired) electrons. The van der Waals surface area contributed by atoms with Crippen LogP contribution in [0.15, 0.2) is 23.1 Å². The summed E-state index contributed by atoms with van der Waals surface area (Å²) >= 11 is 0. The fourth-order valence-electron chi connectivity index (χ4n) is 3.73. The number of morpholine rings is 1. The van der Waals surface area contributed by atoms with Crippen LogP contribution in [0.2, 0.25) is 0 Å². The first-order valence-electron chi connectivity index (χ1n) is 10.2. The predicted molar refractivity (Wildman–Crippen MR) is 107 cm³/mol. The van der Waals surface area contributed by atoms with Gasteiger partial charge in [-0.05, 0) is 37.0 Å². The van der Waals surface area contributed by atoms with E-state index in [0.717, 1.165) is 24.9 Å². The highest BCUT2D eigenvalue weighted by Gasteiger charge is 2.40. The molecule has 4 rings (SSSR count). The Bertz CT molecular complexity index is 1010. The molecule has 0 amide bonds. The number of sulfonamides is 1. The minimum atomic E-state index is -3.59. The van der Waals surface area contributed by atoms with E-state index < -0.39 is 10.0 Å². The Morgan fingerprint density at radius 3 is 2.69 bits per heavy atom. The van der Waals surface area contributed by atoms with Gasteiger partial charge in [0.15, 0.2) is 0 Å². The number of aryl methyl sites for hydroxylation is 1. The lowest BCUT2D eigenvalue weighted by Crippen LogP contribution is -2.40. The average molecular weight is 422 g/mol. The third kappa shape index (κ3) is 4.04. The van der Waals surface area contributed by atoms with E-state index >= 15 is 0 Å². The highest BCUT2D eigenvalue weighted by Crippen LogP contribution is 2.38. The molecular weight excluding hydrogens is 394 g/mol. The van der Waals surface area contributed by atoms with Crippen molar-refractivity contribution < 1.29 is 22.7 Å². The second kappa shape index (κ2) is 8.04. The van der Waals surface area contributed by atoms with Gasteiger partial charge in [0, 0.05) is 19.6 Å². The molecule has 9 heteroatoms. The van der Waals surface area contributed by atoms with Gasteiger partial charge in [-0.1, -0.05) is 13.8 Å². The highest BCUT2D eigenvalue weighted by molar-refractivity contribution is 7.89. The van der Waals surface area contributed by atoms with E-state index in [4.69, 9.17) is 9.47 Å². The molecular formula is C20H27N3O5S. The third-order valence-corrected chi connectivity index (χ3v) is 7.50. The van der Waals surface area contributed by atoms with Gasteiger partial charge in [-0.2, -0.15) is 4.31 Å². The summed E-state index contributed by atoms with van der Waals surface area (Å²) in [7, 11) is -3.59. The van der Waals surface area contributed by atoms with Crippen LogP contribution in [0.4, 0.5) is 0 Å². The van der Waals surface area contributed by atoms with Crippen molar-refractivity contribution in [2.45, 2.75) is 44.7 Å². The number of esters is 1. The minimum Gasteiger partial charge on any atom is -0.457 e. The molecule has 1 aromatic carbocycles.